The summed E-state index contributed by atoms with van der Waals surface area (Å²) in [7, 11) is 0. The number of halogens is 3. The van der Waals surface area contributed by atoms with E-state index in [1.165, 1.54) is 4.90 Å². The largest absolute Gasteiger partial charge is 0.397 e. The van der Waals surface area contributed by atoms with Gasteiger partial charge in [-0.25, -0.2) is 4.68 Å². The summed E-state index contributed by atoms with van der Waals surface area (Å²) in [6.45, 7) is 4.63. The smallest absolute Gasteiger partial charge is 0.384 e. The molecule has 4 atom stereocenters. The maximum atomic E-state index is 12.6. The minimum atomic E-state index is -4.49. The summed E-state index contributed by atoms with van der Waals surface area (Å²) >= 11 is 0. The van der Waals surface area contributed by atoms with Gasteiger partial charge >= 0.3 is 6.18 Å². The van der Waals surface area contributed by atoms with E-state index in [1.54, 1.807) is 24.7 Å². The number of fused-ring (bicyclic) bond motifs is 1. The van der Waals surface area contributed by atoms with E-state index >= 15 is 0 Å². The van der Waals surface area contributed by atoms with E-state index in [1.807, 2.05) is 0 Å². The molecule has 30 heavy (non-hydrogen) atoms. The monoisotopic (exact) mass is 430 g/mol. The van der Waals surface area contributed by atoms with E-state index in [4.69, 9.17) is 4.74 Å². The molecule has 2 saturated carbocycles. The summed E-state index contributed by atoms with van der Waals surface area (Å²) in [5, 5.41) is 18.5. The maximum absolute atomic E-state index is 12.6. The number of likely N-dealkylation sites (tertiary alicyclic amines) is 1. The fourth-order valence-corrected chi connectivity index (χ4v) is 4.60. The SMILES string of the molecule is CC(C)(O)c1cn([C@@H]2C[C@@H]3CN(C(=O)CC(F)(F)F)C[C@@H]3C[C@H]2OCC2CC2)nn1. The molecule has 10 heteroatoms. The Morgan fingerprint density at radius 2 is 1.90 bits per heavy atom. The number of amides is 1. The van der Waals surface area contributed by atoms with Crippen molar-refractivity contribution in [3.63, 3.8) is 0 Å². The van der Waals surface area contributed by atoms with Gasteiger partial charge < -0.3 is 14.7 Å². The standard InChI is InChI=1S/C20H29F3N4O3/c1-19(2,29)17-10-27(25-24-17)15-5-13-8-26(18(28)7-20(21,22)23)9-14(13)6-16(15)30-11-12-3-4-12/h10,12-16,29H,3-9,11H2,1-2H3/t13-,14+,15-,16-/m1/s1. The van der Waals surface area contributed by atoms with Gasteiger partial charge in [0, 0.05) is 19.7 Å². The predicted molar refractivity (Wildman–Crippen MR) is 100 cm³/mol. The molecular formula is C20H29F3N4O3. The van der Waals surface area contributed by atoms with Crippen LogP contribution >= 0.6 is 0 Å². The highest BCUT2D eigenvalue weighted by Gasteiger charge is 2.46. The van der Waals surface area contributed by atoms with Gasteiger partial charge in [-0.05, 0) is 57.3 Å². The number of alkyl halides is 3. The Hall–Kier alpha value is -1.68. The van der Waals surface area contributed by atoms with Gasteiger partial charge in [0.1, 0.15) is 17.7 Å². The van der Waals surface area contributed by atoms with Gasteiger partial charge in [-0.2, -0.15) is 13.2 Å². The molecule has 0 aromatic carbocycles. The molecule has 2 aliphatic carbocycles. The van der Waals surface area contributed by atoms with Crippen molar-refractivity contribution in [1.82, 2.24) is 19.9 Å². The van der Waals surface area contributed by atoms with Gasteiger partial charge in [-0.15, -0.1) is 5.10 Å². The minimum Gasteiger partial charge on any atom is -0.384 e. The Morgan fingerprint density at radius 1 is 1.23 bits per heavy atom. The lowest BCUT2D eigenvalue weighted by Crippen LogP contribution is -2.38. The van der Waals surface area contributed by atoms with Crippen molar-refractivity contribution in [2.45, 2.75) is 69.9 Å². The van der Waals surface area contributed by atoms with Crippen molar-refractivity contribution in [2.24, 2.45) is 17.8 Å². The zero-order valence-electron chi connectivity index (χ0n) is 17.3. The van der Waals surface area contributed by atoms with Crippen LogP contribution in [0.2, 0.25) is 0 Å². The molecule has 1 saturated heterocycles. The Kier molecular flexibility index (Phi) is 5.59. The zero-order chi connectivity index (χ0) is 21.7. The van der Waals surface area contributed by atoms with Gasteiger partial charge in [0.05, 0.1) is 18.3 Å². The first-order chi connectivity index (χ1) is 14.0. The number of aromatic nitrogens is 3. The topological polar surface area (TPSA) is 80.5 Å². The second-order valence-electron chi connectivity index (χ2n) is 9.61. The molecule has 4 rings (SSSR count). The van der Waals surface area contributed by atoms with Crippen molar-refractivity contribution in [3.05, 3.63) is 11.9 Å². The molecular weight excluding hydrogens is 401 g/mol. The number of nitrogens with zero attached hydrogens (tertiary/aromatic N) is 4. The van der Waals surface area contributed by atoms with Gasteiger partial charge in [0.15, 0.2) is 0 Å². The van der Waals surface area contributed by atoms with Crippen LogP contribution in [0.4, 0.5) is 13.2 Å². The van der Waals surface area contributed by atoms with Crippen molar-refractivity contribution in [1.29, 1.82) is 0 Å². The summed E-state index contributed by atoms with van der Waals surface area (Å²) in [6, 6.07) is -0.119. The molecule has 1 amide bonds. The number of rotatable bonds is 6. The maximum Gasteiger partial charge on any atom is 0.397 e. The van der Waals surface area contributed by atoms with Crippen LogP contribution in [0.3, 0.4) is 0 Å². The van der Waals surface area contributed by atoms with Gasteiger partial charge in [0.25, 0.3) is 0 Å². The molecule has 3 aliphatic rings. The normalized spacial score (nSPS) is 29.9. The van der Waals surface area contributed by atoms with E-state index in [2.05, 4.69) is 10.3 Å². The lowest BCUT2D eigenvalue weighted by molar-refractivity contribution is -0.160. The highest BCUT2D eigenvalue weighted by molar-refractivity contribution is 5.77. The molecule has 2 heterocycles. The van der Waals surface area contributed by atoms with Crippen LogP contribution in [0.1, 0.15) is 57.7 Å². The van der Waals surface area contributed by atoms with E-state index in [0.29, 0.717) is 44.1 Å². The molecule has 1 aromatic heterocycles. The quantitative estimate of drug-likeness (QED) is 0.751. The lowest BCUT2D eigenvalue weighted by atomic mass is 9.77. The molecule has 3 fully saturated rings. The van der Waals surface area contributed by atoms with Gasteiger partial charge in [-0.3, -0.25) is 4.79 Å². The Balaban J connectivity index is 1.48. The van der Waals surface area contributed by atoms with E-state index in [9.17, 15) is 23.1 Å². The number of ether oxygens (including phenoxy) is 1. The predicted octanol–water partition coefficient (Wildman–Crippen LogP) is 2.66. The molecule has 1 N–H and O–H groups in total. The number of hydrogen-bond donors (Lipinski definition) is 1. The zero-order valence-corrected chi connectivity index (χ0v) is 17.3. The fourth-order valence-electron chi connectivity index (χ4n) is 4.60. The molecule has 1 aliphatic heterocycles. The Bertz CT molecular complexity index is 772. The summed E-state index contributed by atoms with van der Waals surface area (Å²) in [4.78, 5) is 13.4. The van der Waals surface area contributed by atoms with Gasteiger partial charge in [0.2, 0.25) is 5.91 Å². The third-order valence-corrected chi connectivity index (χ3v) is 6.51. The summed E-state index contributed by atoms with van der Waals surface area (Å²) < 4.78 is 45.9. The molecule has 0 unspecified atom stereocenters. The molecule has 0 radical (unpaired) electrons. The van der Waals surface area contributed by atoms with Crippen molar-refractivity contribution in [2.75, 3.05) is 19.7 Å². The number of hydrogen-bond acceptors (Lipinski definition) is 5. The first kappa shape index (κ1) is 21.5. The Morgan fingerprint density at radius 3 is 2.47 bits per heavy atom. The summed E-state index contributed by atoms with van der Waals surface area (Å²) in [6.07, 6.45) is -0.654. The van der Waals surface area contributed by atoms with E-state index in [-0.39, 0.29) is 24.0 Å². The summed E-state index contributed by atoms with van der Waals surface area (Å²) in [5.41, 5.74) is -0.660. The molecule has 1 aromatic rings. The van der Waals surface area contributed by atoms with Gasteiger partial charge in [-0.1, -0.05) is 5.21 Å². The average Bonchev–Trinajstić information content (AvgIpc) is 3.14. The second-order valence-corrected chi connectivity index (χ2v) is 9.61. The molecule has 0 bridgehead atoms. The van der Waals surface area contributed by atoms with Crippen LogP contribution in [0.5, 0.6) is 0 Å². The molecule has 7 nitrogen and oxygen atoms in total. The van der Waals surface area contributed by atoms with Crippen LogP contribution in [0, 0.1) is 17.8 Å². The lowest BCUT2D eigenvalue weighted by Gasteiger charge is -2.37. The first-order valence-corrected chi connectivity index (χ1v) is 10.6. The van der Waals surface area contributed by atoms with E-state index < -0.39 is 24.1 Å². The third kappa shape index (κ3) is 4.96. The number of aliphatic hydroxyl groups is 1. The second kappa shape index (κ2) is 7.78. The summed E-state index contributed by atoms with van der Waals surface area (Å²) in [5.74, 6) is -0.0453. The van der Waals surface area contributed by atoms with Crippen LogP contribution in [-0.4, -0.2) is 62.9 Å². The highest BCUT2D eigenvalue weighted by Crippen LogP contribution is 2.43. The fraction of sp³-hybridized carbons (Fsp3) is 0.850. The van der Waals surface area contributed by atoms with Crippen molar-refractivity contribution >= 4 is 5.91 Å². The van der Waals surface area contributed by atoms with Crippen LogP contribution in [0.25, 0.3) is 0 Å². The minimum absolute atomic E-state index is 0.0998. The van der Waals surface area contributed by atoms with Crippen LogP contribution in [-0.2, 0) is 15.1 Å². The Labute approximate surface area is 173 Å². The van der Waals surface area contributed by atoms with Crippen LogP contribution < -0.4 is 0 Å². The number of carbonyl (C=O) groups is 1. The molecule has 168 valence electrons. The van der Waals surface area contributed by atoms with Crippen LogP contribution in [0.15, 0.2) is 6.20 Å². The first-order valence-electron chi connectivity index (χ1n) is 10.6. The van der Waals surface area contributed by atoms with E-state index in [0.717, 1.165) is 12.8 Å². The highest BCUT2D eigenvalue weighted by atomic mass is 19.4. The van der Waals surface area contributed by atoms with Crippen molar-refractivity contribution in [3.8, 4) is 0 Å². The van der Waals surface area contributed by atoms with Crippen molar-refractivity contribution < 1.29 is 27.8 Å². The molecule has 0 spiro atoms. The average molecular weight is 430 g/mol. The number of carbonyl (C=O) groups excluding carboxylic acids is 1. The third-order valence-electron chi connectivity index (χ3n) is 6.51.